The minimum Gasteiger partial charge on any atom is -0.381 e. The lowest BCUT2D eigenvalue weighted by atomic mass is 10.0. The van der Waals surface area contributed by atoms with Crippen LogP contribution in [0.15, 0.2) is 0 Å². The average molecular weight is 255 g/mol. The first-order valence-corrected chi connectivity index (χ1v) is 6.56. The van der Waals surface area contributed by atoms with Crippen LogP contribution in [0.4, 0.5) is 0 Å². The fourth-order valence-corrected chi connectivity index (χ4v) is 2.34. The lowest BCUT2D eigenvalue weighted by Gasteiger charge is -2.27. The van der Waals surface area contributed by atoms with Crippen LogP contribution in [0.5, 0.6) is 0 Å². The zero-order valence-corrected chi connectivity index (χ0v) is 10.8. The van der Waals surface area contributed by atoms with Gasteiger partial charge in [0.25, 0.3) is 0 Å². The molecule has 2 heterocycles. The zero-order valence-electron chi connectivity index (χ0n) is 10.8. The van der Waals surface area contributed by atoms with Gasteiger partial charge in [0.2, 0.25) is 0 Å². The van der Waals surface area contributed by atoms with Gasteiger partial charge in [-0.25, -0.2) is 0 Å². The molecular weight excluding hydrogens is 234 g/mol. The van der Waals surface area contributed by atoms with Crippen LogP contribution in [-0.4, -0.2) is 62.1 Å². The van der Waals surface area contributed by atoms with E-state index in [1.807, 2.05) is 6.92 Å². The van der Waals surface area contributed by atoms with Crippen LogP contribution in [0, 0.1) is 5.92 Å². The summed E-state index contributed by atoms with van der Waals surface area (Å²) in [5, 5.41) is 5.94. The van der Waals surface area contributed by atoms with Crippen LogP contribution in [0.25, 0.3) is 0 Å². The molecule has 2 fully saturated rings. The molecule has 0 radical (unpaired) electrons. The Morgan fingerprint density at radius 2 is 2.11 bits per heavy atom. The van der Waals surface area contributed by atoms with Crippen molar-refractivity contribution in [2.75, 3.05) is 39.4 Å². The summed E-state index contributed by atoms with van der Waals surface area (Å²) in [4.78, 5) is 25.4. The van der Waals surface area contributed by atoms with Crippen molar-refractivity contribution in [3.63, 3.8) is 0 Å². The molecule has 2 rings (SSSR count). The van der Waals surface area contributed by atoms with Crippen molar-refractivity contribution < 1.29 is 14.3 Å². The first kappa shape index (κ1) is 13.3. The number of nitrogens with zero attached hydrogens (tertiary/aromatic N) is 1. The minimum absolute atomic E-state index is 0.00753. The highest BCUT2D eigenvalue weighted by atomic mass is 16.5. The van der Waals surface area contributed by atoms with Gasteiger partial charge in [0.05, 0.1) is 6.61 Å². The Bertz CT molecular complexity index is 310. The molecule has 2 aliphatic rings. The molecule has 2 unspecified atom stereocenters. The number of carbonyl (C=O) groups is 2. The van der Waals surface area contributed by atoms with Gasteiger partial charge in [-0.15, -0.1) is 0 Å². The molecule has 102 valence electrons. The molecule has 0 bridgehead atoms. The molecule has 2 aliphatic heterocycles. The molecule has 0 aromatic heterocycles. The van der Waals surface area contributed by atoms with Gasteiger partial charge < -0.3 is 20.3 Å². The SMILES string of the molecule is CC(NC(=O)C(=O)N1CCNCC1)C1CCOC1. The number of ether oxygens (including phenoxy) is 1. The number of carbonyl (C=O) groups excluding carboxylic acids is 2. The predicted octanol–water partition coefficient (Wildman–Crippen LogP) is -1.04. The summed E-state index contributed by atoms with van der Waals surface area (Å²) < 4.78 is 5.28. The maximum absolute atomic E-state index is 11.9. The minimum atomic E-state index is -0.490. The third kappa shape index (κ3) is 3.20. The van der Waals surface area contributed by atoms with Crippen LogP contribution in [-0.2, 0) is 14.3 Å². The summed E-state index contributed by atoms with van der Waals surface area (Å²) in [5.74, 6) is -0.580. The third-order valence-electron chi connectivity index (χ3n) is 3.63. The zero-order chi connectivity index (χ0) is 13.0. The number of hydrogen-bond donors (Lipinski definition) is 2. The van der Waals surface area contributed by atoms with E-state index in [0.717, 1.165) is 26.1 Å². The van der Waals surface area contributed by atoms with Crippen molar-refractivity contribution in [2.24, 2.45) is 5.92 Å². The smallest absolute Gasteiger partial charge is 0.311 e. The average Bonchev–Trinajstić information content (AvgIpc) is 2.92. The predicted molar refractivity (Wildman–Crippen MR) is 66.0 cm³/mol. The lowest BCUT2D eigenvalue weighted by Crippen LogP contribution is -2.53. The van der Waals surface area contributed by atoms with E-state index in [4.69, 9.17) is 4.74 Å². The molecule has 2 N–H and O–H groups in total. The number of piperazine rings is 1. The van der Waals surface area contributed by atoms with E-state index >= 15 is 0 Å². The number of nitrogens with one attached hydrogen (secondary N) is 2. The van der Waals surface area contributed by atoms with E-state index < -0.39 is 11.8 Å². The van der Waals surface area contributed by atoms with Crippen LogP contribution >= 0.6 is 0 Å². The van der Waals surface area contributed by atoms with E-state index in [-0.39, 0.29) is 6.04 Å². The highest BCUT2D eigenvalue weighted by Gasteiger charge is 2.28. The molecule has 0 spiro atoms. The van der Waals surface area contributed by atoms with Crippen molar-refractivity contribution in [3.8, 4) is 0 Å². The second kappa shape index (κ2) is 6.15. The molecule has 6 heteroatoms. The van der Waals surface area contributed by atoms with Crippen molar-refractivity contribution in [2.45, 2.75) is 19.4 Å². The maximum Gasteiger partial charge on any atom is 0.311 e. The van der Waals surface area contributed by atoms with Gasteiger partial charge in [0.1, 0.15) is 0 Å². The quantitative estimate of drug-likeness (QED) is 0.618. The van der Waals surface area contributed by atoms with Crippen molar-refractivity contribution in [3.05, 3.63) is 0 Å². The second-order valence-corrected chi connectivity index (χ2v) is 4.93. The highest BCUT2D eigenvalue weighted by molar-refractivity contribution is 6.35. The normalized spacial score (nSPS) is 25.8. The van der Waals surface area contributed by atoms with E-state index in [2.05, 4.69) is 10.6 Å². The highest BCUT2D eigenvalue weighted by Crippen LogP contribution is 2.16. The van der Waals surface area contributed by atoms with Gasteiger partial charge in [0.15, 0.2) is 0 Å². The Balaban J connectivity index is 1.80. The molecule has 0 saturated carbocycles. The summed E-state index contributed by atoms with van der Waals surface area (Å²) in [7, 11) is 0. The van der Waals surface area contributed by atoms with Gasteiger partial charge >= 0.3 is 11.8 Å². The fourth-order valence-electron chi connectivity index (χ4n) is 2.34. The molecule has 6 nitrogen and oxygen atoms in total. The van der Waals surface area contributed by atoms with Gasteiger partial charge in [-0.05, 0) is 13.3 Å². The van der Waals surface area contributed by atoms with Gasteiger partial charge in [-0.2, -0.15) is 0 Å². The van der Waals surface area contributed by atoms with E-state index in [1.54, 1.807) is 4.90 Å². The Morgan fingerprint density at radius 1 is 1.39 bits per heavy atom. The molecule has 2 saturated heterocycles. The first-order valence-electron chi connectivity index (χ1n) is 6.56. The molecule has 0 aromatic carbocycles. The lowest BCUT2D eigenvalue weighted by molar-refractivity contribution is -0.146. The van der Waals surface area contributed by atoms with Crippen LogP contribution in [0.3, 0.4) is 0 Å². The Hall–Kier alpha value is -1.14. The molecule has 0 aromatic rings. The van der Waals surface area contributed by atoms with Crippen LogP contribution < -0.4 is 10.6 Å². The number of hydrogen-bond acceptors (Lipinski definition) is 4. The maximum atomic E-state index is 11.9. The van der Waals surface area contributed by atoms with Crippen molar-refractivity contribution in [1.29, 1.82) is 0 Å². The number of amides is 2. The summed E-state index contributed by atoms with van der Waals surface area (Å²) in [6, 6.07) is -0.00753. The fraction of sp³-hybridized carbons (Fsp3) is 0.833. The Labute approximate surface area is 107 Å². The largest absolute Gasteiger partial charge is 0.381 e. The summed E-state index contributed by atoms with van der Waals surface area (Å²) in [6.45, 7) is 6.07. The van der Waals surface area contributed by atoms with Gasteiger partial charge in [0, 0.05) is 44.7 Å². The van der Waals surface area contributed by atoms with E-state index in [9.17, 15) is 9.59 Å². The van der Waals surface area contributed by atoms with Crippen molar-refractivity contribution >= 4 is 11.8 Å². The molecule has 2 amide bonds. The summed E-state index contributed by atoms with van der Waals surface area (Å²) in [5.41, 5.74) is 0. The van der Waals surface area contributed by atoms with E-state index in [0.29, 0.717) is 25.6 Å². The molecule has 0 aliphatic carbocycles. The molecule has 18 heavy (non-hydrogen) atoms. The second-order valence-electron chi connectivity index (χ2n) is 4.93. The first-order chi connectivity index (χ1) is 8.68. The van der Waals surface area contributed by atoms with Gasteiger partial charge in [-0.1, -0.05) is 0 Å². The van der Waals surface area contributed by atoms with Crippen molar-refractivity contribution in [1.82, 2.24) is 15.5 Å². The Morgan fingerprint density at radius 3 is 2.72 bits per heavy atom. The van der Waals surface area contributed by atoms with Gasteiger partial charge in [-0.3, -0.25) is 9.59 Å². The molecular formula is C12H21N3O3. The third-order valence-corrected chi connectivity index (χ3v) is 3.63. The topological polar surface area (TPSA) is 70.7 Å². The molecule has 2 atom stereocenters. The monoisotopic (exact) mass is 255 g/mol. The number of rotatable bonds is 2. The Kier molecular flexibility index (Phi) is 4.54. The summed E-state index contributed by atoms with van der Waals surface area (Å²) in [6.07, 6.45) is 0.948. The summed E-state index contributed by atoms with van der Waals surface area (Å²) >= 11 is 0. The standard InChI is InChI=1S/C12H21N3O3/c1-9(10-2-7-18-8-10)14-11(16)12(17)15-5-3-13-4-6-15/h9-10,13H,2-8H2,1H3,(H,14,16). The van der Waals surface area contributed by atoms with Crippen LogP contribution in [0.2, 0.25) is 0 Å². The van der Waals surface area contributed by atoms with E-state index in [1.165, 1.54) is 0 Å². The van der Waals surface area contributed by atoms with Crippen LogP contribution in [0.1, 0.15) is 13.3 Å².